The number of aliphatic hydroxyl groups excluding tert-OH is 1. The van der Waals surface area contributed by atoms with Gasteiger partial charge in [0.05, 0.1) is 13.2 Å². The second-order valence-corrected chi connectivity index (χ2v) is 2.51. The summed E-state index contributed by atoms with van der Waals surface area (Å²) in [4.78, 5) is 2.06. The maximum atomic E-state index is 8.72. The minimum atomic E-state index is 0.209. The van der Waals surface area contributed by atoms with Crippen LogP contribution < -0.4 is 0 Å². The number of likely N-dealkylation sites (N-methyl/N-ethyl adjacent to an activating group) is 1. The van der Waals surface area contributed by atoms with E-state index in [0.29, 0.717) is 0 Å². The van der Waals surface area contributed by atoms with Gasteiger partial charge >= 0.3 is 0 Å². The molecule has 0 fully saturated rings. The monoisotopic (exact) mass is 147 g/mol. The maximum absolute atomic E-state index is 8.72. The zero-order valence-electron chi connectivity index (χ0n) is 7.00. The summed E-state index contributed by atoms with van der Waals surface area (Å²) in [5.41, 5.74) is 0. The van der Waals surface area contributed by atoms with E-state index in [2.05, 4.69) is 4.90 Å². The molecule has 0 amide bonds. The first kappa shape index (κ1) is 9.88. The lowest BCUT2D eigenvalue weighted by Gasteiger charge is -2.21. The average Bonchev–Trinajstić information content (AvgIpc) is 1.98. The van der Waals surface area contributed by atoms with Gasteiger partial charge in [-0.15, -0.1) is 0 Å². The first-order valence-corrected chi connectivity index (χ1v) is 3.52. The van der Waals surface area contributed by atoms with Crippen LogP contribution in [0.25, 0.3) is 0 Å². The Kier molecular flexibility index (Phi) is 5.58. The van der Waals surface area contributed by atoms with Gasteiger partial charge in [0, 0.05) is 19.7 Å². The van der Waals surface area contributed by atoms with Crippen molar-refractivity contribution in [3.8, 4) is 0 Å². The fourth-order valence-corrected chi connectivity index (χ4v) is 0.595. The van der Waals surface area contributed by atoms with Gasteiger partial charge < -0.3 is 9.84 Å². The molecular formula is C7H17NO2. The lowest BCUT2D eigenvalue weighted by atomic mass is 10.3. The zero-order chi connectivity index (χ0) is 7.98. The fourth-order valence-electron chi connectivity index (χ4n) is 0.595. The molecule has 0 aliphatic rings. The predicted octanol–water partition coefficient (Wildman–Crippen LogP) is -0.0546. The second-order valence-electron chi connectivity index (χ2n) is 2.51. The Balaban J connectivity index is 3.31. The molecule has 0 spiro atoms. The highest BCUT2D eigenvalue weighted by Gasteiger charge is 2.05. The van der Waals surface area contributed by atoms with Crippen molar-refractivity contribution < 1.29 is 9.84 Å². The zero-order valence-corrected chi connectivity index (χ0v) is 7.00. The van der Waals surface area contributed by atoms with E-state index in [0.717, 1.165) is 13.2 Å². The number of nitrogens with zero attached hydrogens (tertiary/aromatic N) is 1. The number of methoxy groups -OCH3 is 1. The molecule has 62 valence electrons. The van der Waals surface area contributed by atoms with E-state index in [4.69, 9.17) is 9.84 Å². The van der Waals surface area contributed by atoms with Gasteiger partial charge in [-0.1, -0.05) is 0 Å². The summed E-state index contributed by atoms with van der Waals surface area (Å²) >= 11 is 0. The van der Waals surface area contributed by atoms with Gasteiger partial charge in [-0.3, -0.25) is 4.90 Å². The van der Waals surface area contributed by atoms with Gasteiger partial charge in [-0.2, -0.15) is 0 Å². The van der Waals surface area contributed by atoms with Crippen LogP contribution in [0.1, 0.15) is 6.92 Å². The van der Waals surface area contributed by atoms with Crippen LogP contribution in [0.2, 0.25) is 0 Å². The molecule has 0 aromatic heterocycles. The van der Waals surface area contributed by atoms with Crippen molar-refractivity contribution in [1.82, 2.24) is 4.90 Å². The smallest absolute Gasteiger partial charge is 0.0589 e. The van der Waals surface area contributed by atoms with Crippen LogP contribution in [0, 0.1) is 0 Å². The Hall–Kier alpha value is -0.120. The Morgan fingerprint density at radius 2 is 2.20 bits per heavy atom. The van der Waals surface area contributed by atoms with Crippen LogP contribution in [0.15, 0.2) is 0 Å². The van der Waals surface area contributed by atoms with Crippen LogP contribution in [-0.2, 0) is 4.74 Å². The standard InChI is InChI=1S/C7H17NO2/c1-7(6-9)8(2)4-5-10-3/h7,9H,4-6H2,1-3H3/t7-/m1/s1. The molecule has 3 heteroatoms. The molecule has 0 aromatic carbocycles. The van der Waals surface area contributed by atoms with Crippen LogP contribution in [0.4, 0.5) is 0 Å². The molecule has 0 saturated heterocycles. The number of hydrogen-bond donors (Lipinski definition) is 1. The molecule has 0 rings (SSSR count). The number of hydrogen-bond acceptors (Lipinski definition) is 3. The third kappa shape index (κ3) is 3.82. The van der Waals surface area contributed by atoms with Gasteiger partial charge in [0.2, 0.25) is 0 Å². The highest BCUT2D eigenvalue weighted by atomic mass is 16.5. The van der Waals surface area contributed by atoms with Gasteiger partial charge in [0.25, 0.3) is 0 Å². The highest BCUT2D eigenvalue weighted by Crippen LogP contribution is 1.92. The maximum Gasteiger partial charge on any atom is 0.0589 e. The van der Waals surface area contributed by atoms with Gasteiger partial charge in [-0.05, 0) is 14.0 Å². The third-order valence-corrected chi connectivity index (χ3v) is 1.66. The average molecular weight is 147 g/mol. The predicted molar refractivity (Wildman–Crippen MR) is 41.1 cm³/mol. The van der Waals surface area contributed by atoms with E-state index in [1.165, 1.54) is 0 Å². The van der Waals surface area contributed by atoms with E-state index in [9.17, 15) is 0 Å². The molecule has 0 aliphatic heterocycles. The van der Waals surface area contributed by atoms with Crippen molar-refractivity contribution >= 4 is 0 Å². The summed E-state index contributed by atoms with van der Waals surface area (Å²) in [6.07, 6.45) is 0. The van der Waals surface area contributed by atoms with Gasteiger partial charge in [0.15, 0.2) is 0 Å². The van der Waals surface area contributed by atoms with Crippen molar-refractivity contribution in [2.45, 2.75) is 13.0 Å². The fraction of sp³-hybridized carbons (Fsp3) is 1.00. The summed E-state index contributed by atoms with van der Waals surface area (Å²) in [7, 11) is 3.65. The van der Waals surface area contributed by atoms with E-state index in [1.54, 1.807) is 7.11 Å². The summed E-state index contributed by atoms with van der Waals surface area (Å²) in [6, 6.07) is 0.232. The molecule has 1 N–H and O–H groups in total. The summed E-state index contributed by atoms with van der Waals surface area (Å²) in [6.45, 7) is 3.79. The third-order valence-electron chi connectivity index (χ3n) is 1.66. The van der Waals surface area contributed by atoms with Crippen molar-refractivity contribution in [3.05, 3.63) is 0 Å². The van der Waals surface area contributed by atoms with Crippen molar-refractivity contribution in [2.75, 3.05) is 33.9 Å². The Morgan fingerprint density at radius 3 is 2.60 bits per heavy atom. The van der Waals surface area contributed by atoms with Crippen molar-refractivity contribution in [3.63, 3.8) is 0 Å². The van der Waals surface area contributed by atoms with Crippen LogP contribution in [0.5, 0.6) is 0 Å². The van der Waals surface area contributed by atoms with E-state index < -0.39 is 0 Å². The Bertz CT molecular complexity index is 78.0. The van der Waals surface area contributed by atoms with Crippen LogP contribution >= 0.6 is 0 Å². The van der Waals surface area contributed by atoms with E-state index in [-0.39, 0.29) is 12.6 Å². The topological polar surface area (TPSA) is 32.7 Å². The number of ether oxygens (including phenoxy) is 1. The second kappa shape index (κ2) is 5.65. The summed E-state index contributed by atoms with van der Waals surface area (Å²) in [5, 5.41) is 8.72. The largest absolute Gasteiger partial charge is 0.395 e. The number of rotatable bonds is 5. The van der Waals surface area contributed by atoms with Crippen molar-refractivity contribution in [1.29, 1.82) is 0 Å². The molecule has 1 atom stereocenters. The molecule has 0 unspecified atom stereocenters. The Labute approximate surface area is 62.6 Å². The van der Waals surface area contributed by atoms with Gasteiger partial charge in [0.1, 0.15) is 0 Å². The SMILES string of the molecule is COCCN(C)[C@H](C)CO. The normalized spacial score (nSPS) is 14.1. The molecule has 0 aromatic rings. The van der Waals surface area contributed by atoms with Crippen LogP contribution in [0.3, 0.4) is 0 Å². The highest BCUT2D eigenvalue weighted by molar-refractivity contribution is 4.59. The molecule has 0 radical (unpaired) electrons. The lowest BCUT2D eigenvalue weighted by molar-refractivity contribution is 0.114. The molecule has 0 aliphatic carbocycles. The minimum Gasteiger partial charge on any atom is -0.395 e. The molecule has 0 bridgehead atoms. The Morgan fingerprint density at radius 1 is 1.60 bits per heavy atom. The molecule has 10 heavy (non-hydrogen) atoms. The van der Waals surface area contributed by atoms with E-state index in [1.807, 2.05) is 14.0 Å². The molecule has 3 nitrogen and oxygen atoms in total. The van der Waals surface area contributed by atoms with Crippen LogP contribution in [-0.4, -0.2) is 50.0 Å². The molecule has 0 saturated carbocycles. The van der Waals surface area contributed by atoms with Gasteiger partial charge in [-0.25, -0.2) is 0 Å². The van der Waals surface area contributed by atoms with E-state index >= 15 is 0 Å². The van der Waals surface area contributed by atoms with Crippen molar-refractivity contribution in [2.24, 2.45) is 0 Å². The minimum absolute atomic E-state index is 0.209. The number of aliphatic hydroxyl groups is 1. The first-order chi connectivity index (χ1) is 4.72. The first-order valence-electron chi connectivity index (χ1n) is 3.52. The quantitative estimate of drug-likeness (QED) is 0.591. The summed E-state index contributed by atoms with van der Waals surface area (Å²) in [5.74, 6) is 0. The molecular weight excluding hydrogens is 130 g/mol. The summed E-state index contributed by atoms with van der Waals surface area (Å²) < 4.78 is 4.88. The molecule has 0 heterocycles. The lowest BCUT2D eigenvalue weighted by Crippen LogP contribution is -2.34.